The zero-order chi connectivity index (χ0) is 23.4. The molecule has 0 heterocycles. The lowest BCUT2D eigenvalue weighted by Gasteiger charge is -2.64. The van der Waals surface area contributed by atoms with Gasteiger partial charge in [-0.05, 0) is 117 Å². The van der Waals surface area contributed by atoms with Crippen LogP contribution < -0.4 is 5.73 Å². The molecule has 5 heteroatoms. The van der Waals surface area contributed by atoms with Crippen LogP contribution in [0.4, 0.5) is 4.39 Å². The SMILES string of the molecule is C[C@]12CC[C@H]3[C@@H](CC[C@@]4(N)C[C@@H](O)CC[C@]34C)[C@@H]1CC[C@@H]2C(CCc1ccc(F)cc1)=NO. The molecule has 4 N–H and O–H groups in total. The zero-order valence-corrected chi connectivity index (χ0v) is 20.3. The van der Waals surface area contributed by atoms with E-state index in [-0.39, 0.29) is 28.3 Å². The van der Waals surface area contributed by atoms with Gasteiger partial charge in [0.2, 0.25) is 0 Å². The quantitative estimate of drug-likeness (QED) is 0.309. The molecule has 4 fully saturated rings. The van der Waals surface area contributed by atoms with Gasteiger partial charge in [0.25, 0.3) is 0 Å². The van der Waals surface area contributed by atoms with Crippen LogP contribution in [0.2, 0.25) is 0 Å². The summed E-state index contributed by atoms with van der Waals surface area (Å²) in [5.74, 6) is 2.07. The Hall–Kier alpha value is -1.46. The van der Waals surface area contributed by atoms with Gasteiger partial charge in [0.05, 0.1) is 11.8 Å². The fraction of sp³-hybridized carbons (Fsp3) is 0.750. The van der Waals surface area contributed by atoms with Crippen LogP contribution in [0.15, 0.2) is 29.4 Å². The van der Waals surface area contributed by atoms with Gasteiger partial charge >= 0.3 is 0 Å². The van der Waals surface area contributed by atoms with Crippen LogP contribution in [0.25, 0.3) is 0 Å². The standard InChI is InChI=1S/C28H41FN2O2/c1-26-14-13-23-21(12-16-28(30)17-20(32)11-15-27(23,28)2)22(26)8-9-24(26)25(31-33)10-5-18-3-6-19(29)7-4-18/h3-4,6-7,20-24,32-33H,5,8-17,30H2,1-2H3/t20-,21-,22-,23-,24+,26-,27+,28+/m0/s1. The third-order valence-corrected chi connectivity index (χ3v) is 11.0. The maximum atomic E-state index is 13.3. The Bertz CT molecular complexity index is 904. The topological polar surface area (TPSA) is 78.8 Å². The first-order valence-corrected chi connectivity index (χ1v) is 13.1. The predicted octanol–water partition coefficient (Wildman–Crippen LogP) is 5.69. The number of oxime groups is 1. The van der Waals surface area contributed by atoms with Crippen molar-refractivity contribution in [2.45, 2.75) is 96.1 Å². The van der Waals surface area contributed by atoms with Crippen LogP contribution in [0.3, 0.4) is 0 Å². The summed E-state index contributed by atoms with van der Waals surface area (Å²) < 4.78 is 13.3. The summed E-state index contributed by atoms with van der Waals surface area (Å²) in [6.07, 6.45) is 10.8. The Labute approximate surface area is 197 Å². The fourth-order valence-corrected chi connectivity index (χ4v) is 9.08. The van der Waals surface area contributed by atoms with E-state index in [9.17, 15) is 14.7 Å². The maximum absolute atomic E-state index is 13.3. The van der Waals surface area contributed by atoms with E-state index in [0.29, 0.717) is 23.7 Å². The molecule has 0 bridgehead atoms. The van der Waals surface area contributed by atoms with Gasteiger partial charge in [0.15, 0.2) is 0 Å². The molecule has 1 aromatic rings. The van der Waals surface area contributed by atoms with Crippen molar-refractivity contribution in [3.05, 3.63) is 35.6 Å². The van der Waals surface area contributed by atoms with Crippen molar-refractivity contribution < 1.29 is 14.7 Å². The summed E-state index contributed by atoms with van der Waals surface area (Å²) in [5.41, 5.74) is 9.10. The largest absolute Gasteiger partial charge is 0.411 e. The minimum Gasteiger partial charge on any atom is -0.411 e. The van der Waals surface area contributed by atoms with Crippen LogP contribution in [0.5, 0.6) is 0 Å². The van der Waals surface area contributed by atoms with Gasteiger partial charge in [-0.2, -0.15) is 0 Å². The van der Waals surface area contributed by atoms with Crippen molar-refractivity contribution >= 4 is 5.71 Å². The van der Waals surface area contributed by atoms with Gasteiger partial charge in [-0.1, -0.05) is 31.1 Å². The third kappa shape index (κ3) is 3.65. The second kappa shape index (κ2) is 8.34. The van der Waals surface area contributed by atoms with Crippen LogP contribution in [-0.2, 0) is 6.42 Å². The van der Waals surface area contributed by atoms with E-state index < -0.39 is 0 Å². The lowest BCUT2D eigenvalue weighted by molar-refractivity contribution is -0.135. The number of hydrogen-bond donors (Lipinski definition) is 3. The van der Waals surface area contributed by atoms with E-state index in [0.717, 1.165) is 69.1 Å². The molecule has 4 saturated carbocycles. The number of benzene rings is 1. The summed E-state index contributed by atoms with van der Waals surface area (Å²) in [6, 6.07) is 6.67. The predicted molar refractivity (Wildman–Crippen MR) is 129 cm³/mol. The molecular weight excluding hydrogens is 415 g/mol. The number of aliphatic hydroxyl groups excluding tert-OH is 1. The van der Waals surface area contributed by atoms with Crippen LogP contribution in [0.1, 0.15) is 83.6 Å². The summed E-state index contributed by atoms with van der Waals surface area (Å²) in [5, 5.41) is 24.2. The van der Waals surface area contributed by atoms with E-state index in [2.05, 4.69) is 19.0 Å². The minimum absolute atomic E-state index is 0.116. The first-order valence-electron chi connectivity index (χ1n) is 13.1. The molecule has 0 amide bonds. The second-order valence-electron chi connectivity index (χ2n) is 12.3. The minimum atomic E-state index is -0.242. The van der Waals surface area contributed by atoms with Crippen molar-refractivity contribution in [1.82, 2.24) is 0 Å². The number of nitrogens with two attached hydrogens (primary N) is 1. The summed E-state index contributed by atoms with van der Waals surface area (Å²) in [6.45, 7) is 4.87. The van der Waals surface area contributed by atoms with Crippen molar-refractivity contribution in [1.29, 1.82) is 0 Å². The molecule has 0 saturated heterocycles. The highest BCUT2D eigenvalue weighted by Crippen LogP contribution is 2.68. The lowest BCUT2D eigenvalue weighted by Crippen LogP contribution is -2.67. The normalized spacial score (nSPS) is 45.2. The van der Waals surface area contributed by atoms with E-state index in [1.807, 2.05) is 12.1 Å². The molecule has 0 aliphatic heterocycles. The highest BCUT2D eigenvalue weighted by molar-refractivity contribution is 5.87. The third-order valence-electron chi connectivity index (χ3n) is 11.0. The number of hydrogen-bond acceptors (Lipinski definition) is 4. The average molecular weight is 457 g/mol. The molecule has 0 unspecified atom stereocenters. The van der Waals surface area contributed by atoms with Crippen LogP contribution >= 0.6 is 0 Å². The van der Waals surface area contributed by atoms with Crippen molar-refractivity contribution in [2.75, 3.05) is 0 Å². The Morgan fingerprint density at radius 1 is 1.03 bits per heavy atom. The summed E-state index contributed by atoms with van der Waals surface area (Å²) in [7, 11) is 0. The lowest BCUT2D eigenvalue weighted by atomic mass is 9.42. The smallest absolute Gasteiger partial charge is 0.123 e. The van der Waals surface area contributed by atoms with E-state index >= 15 is 0 Å². The van der Waals surface area contributed by atoms with Crippen molar-refractivity contribution in [3.8, 4) is 0 Å². The van der Waals surface area contributed by atoms with Crippen molar-refractivity contribution in [2.24, 2.45) is 45.4 Å². The fourth-order valence-electron chi connectivity index (χ4n) is 9.08. The Balaban J connectivity index is 1.33. The first-order chi connectivity index (χ1) is 15.7. The average Bonchev–Trinajstić information content (AvgIpc) is 3.14. The first kappa shape index (κ1) is 23.3. The monoisotopic (exact) mass is 456 g/mol. The number of nitrogens with zero attached hydrogens (tertiary/aromatic N) is 1. The molecule has 0 aromatic heterocycles. The van der Waals surface area contributed by atoms with Crippen LogP contribution in [-0.4, -0.2) is 27.7 Å². The van der Waals surface area contributed by atoms with Gasteiger partial charge in [0, 0.05) is 11.5 Å². The van der Waals surface area contributed by atoms with Gasteiger partial charge in [0.1, 0.15) is 5.82 Å². The maximum Gasteiger partial charge on any atom is 0.123 e. The molecule has 0 spiro atoms. The number of aliphatic hydroxyl groups is 1. The van der Waals surface area contributed by atoms with Gasteiger partial charge in [-0.15, -0.1) is 0 Å². The molecule has 33 heavy (non-hydrogen) atoms. The van der Waals surface area contributed by atoms with E-state index in [1.54, 1.807) is 0 Å². The molecule has 182 valence electrons. The highest BCUT2D eigenvalue weighted by atomic mass is 19.1. The molecule has 5 rings (SSSR count). The van der Waals surface area contributed by atoms with Crippen molar-refractivity contribution in [3.63, 3.8) is 0 Å². The number of rotatable bonds is 4. The summed E-state index contributed by atoms with van der Waals surface area (Å²) in [4.78, 5) is 0. The zero-order valence-electron chi connectivity index (χ0n) is 20.3. The molecule has 8 atom stereocenters. The van der Waals surface area contributed by atoms with E-state index in [1.165, 1.54) is 25.0 Å². The highest BCUT2D eigenvalue weighted by Gasteiger charge is 2.64. The Morgan fingerprint density at radius 3 is 2.52 bits per heavy atom. The van der Waals surface area contributed by atoms with Gasteiger partial charge < -0.3 is 16.0 Å². The Morgan fingerprint density at radius 2 is 1.79 bits per heavy atom. The van der Waals surface area contributed by atoms with Gasteiger partial charge in [-0.25, -0.2) is 4.39 Å². The summed E-state index contributed by atoms with van der Waals surface area (Å²) >= 11 is 0. The molecule has 1 aromatic carbocycles. The Kier molecular flexibility index (Phi) is 5.88. The number of aryl methyl sites for hydroxylation is 1. The number of fused-ring (bicyclic) bond motifs is 5. The molecule has 4 aliphatic rings. The molecule has 0 radical (unpaired) electrons. The number of halogens is 1. The van der Waals surface area contributed by atoms with E-state index in [4.69, 9.17) is 5.73 Å². The molecular formula is C28H41FN2O2. The molecule has 4 aliphatic carbocycles. The molecule has 4 nitrogen and oxygen atoms in total. The second-order valence-corrected chi connectivity index (χ2v) is 12.3. The van der Waals surface area contributed by atoms with Gasteiger partial charge in [-0.3, -0.25) is 0 Å². The van der Waals surface area contributed by atoms with Crippen LogP contribution in [0, 0.1) is 40.3 Å².